The molecular weight excluding hydrogens is 396 g/mol. The van der Waals surface area contributed by atoms with Crippen molar-refractivity contribution in [2.75, 3.05) is 25.0 Å². The van der Waals surface area contributed by atoms with Crippen molar-refractivity contribution in [3.63, 3.8) is 0 Å². The topological polar surface area (TPSA) is 50.4 Å². The number of hydrogen-bond donors (Lipinski definition) is 2. The maximum Gasteiger partial charge on any atom is 0.239 e. The molecule has 0 radical (unpaired) electrons. The lowest BCUT2D eigenvalue weighted by molar-refractivity contribution is -0.119. The Bertz CT molecular complexity index is 557. The number of amides is 1. The Labute approximate surface area is 198 Å². The zero-order valence-electron chi connectivity index (χ0n) is 21.2. The molecule has 0 spiro atoms. The number of carbonyl (C=O) groups is 1. The minimum Gasteiger partial charge on any atom is -0.493 e. The van der Waals surface area contributed by atoms with Crippen LogP contribution in [-0.4, -0.2) is 25.6 Å². The molecule has 184 valence electrons. The Hall–Kier alpha value is -1.71. The van der Waals surface area contributed by atoms with Crippen LogP contribution in [0.4, 0.5) is 5.69 Å². The molecule has 0 saturated carbocycles. The molecule has 0 aliphatic carbocycles. The van der Waals surface area contributed by atoms with Crippen molar-refractivity contribution in [2.24, 2.45) is 5.92 Å². The third kappa shape index (κ3) is 16.9. The van der Waals surface area contributed by atoms with E-state index < -0.39 is 0 Å². The number of unbranched alkanes of at least 4 members (excludes halogenated alkanes) is 13. The highest BCUT2D eigenvalue weighted by atomic mass is 16.5. The van der Waals surface area contributed by atoms with Gasteiger partial charge in [-0.05, 0) is 36.6 Å². The number of anilines is 1. The molecule has 1 amide bonds. The maximum absolute atomic E-state index is 12.0. The summed E-state index contributed by atoms with van der Waals surface area (Å²) in [6.45, 7) is 8.35. The maximum atomic E-state index is 12.0. The fraction of sp³-hybridized carbons (Fsp3) is 0.750. The van der Waals surface area contributed by atoms with Crippen LogP contribution in [-0.2, 0) is 4.79 Å². The minimum atomic E-state index is 0.0554. The Kier molecular flexibility index (Phi) is 17.6. The molecule has 1 aromatic rings. The number of rotatable bonds is 21. The lowest BCUT2D eigenvalue weighted by Crippen LogP contribution is -2.30. The fourth-order valence-corrected chi connectivity index (χ4v) is 3.72. The van der Waals surface area contributed by atoms with E-state index >= 15 is 0 Å². The highest BCUT2D eigenvalue weighted by Crippen LogP contribution is 2.16. The molecule has 0 fully saturated rings. The molecular formula is C28H50N2O2. The van der Waals surface area contributed by atoms with E-state index in [2.05, 4.69) is 31.4 Å². The SMILES string of the molecule is CCCCCCCCCCCCCCCCNC(=O)CNc1ccc(OCC(C)C)cc1. The fourth-order valence-electron chi connectivity index (χ4n) is 3.72. The van der Waals surface area contributed by atoms with E-state index in [1.54, 1.807) is 0 Å². The van der Waals surface area contributed by atoms with E-state index in [1.165, 1.54) is 83.5 Å². The Balaban J connectivity index is 1.88. The van der Waals surface area contributed by atoms with E-state index in [4.69, 9.17) is 4.74 Å². The van der Waals surface area contributed by atoms with Crippen LogP contribution in [0.5, 0.6) is 5.75 Å². The second-order valence-corrected chi connectivity index (χ2v) is 9.53. The van der Waals surface area contributed by atoms with Gasteiger partial charge >= 0.3 is 0 Å². The van der Waals surface area contributed by atoms with Crippen LogP contribution < -0.4 is 15.4 Å². The quantitative estimate of drug-likeness (QED) is 0.190. The second kappa shape index (κ2) is 19.9. The summed E-state index contributed by atoms with van der Waals surface area (Å²) in [5, 5.41) is 6.19. The Morgan fingerprint density at radius 3 is 1.78 bits per heavy atom. The van der Waals surface area contributed by atoms with Crippen molar-refractivity contribution < 1.29 is 9.53 Å². The first-order chi connectivity index (χ1) is 15.6. The van der Waals surface area contributed by atoms with Crippen LogP contribution in [0.1, 0.15) is 111 Å². The molecule has 32 heavy (non-hydrogen) atoms. The second-order valence-electron chi connectivity index (χ2n) is 9.53. The summed E-state index contributed by atoms with van der Waals surface area (Å²) in [4.78, 5) is 12.0. The van der Waals surface area contributed by atoms with Crippen molar-refractivity contribution in [1.29, 1.82) is 0 Å². The van der Waals surface area contributed by atoms with E-state index in [1.807, 2.05) is 24.3 Å². The first kappa shape index (κ1) is 28.3. The molecule has 0 aliphatic rings. The molecule has 0 atom stereocenters. The monoisotopic (exact) mass is 446 g/mol. The van der Waals surface area contributed by atoms with Gasteiger partial charge in [-0.15, -0.1) is 0 Å². The smallest absolute Gasteiger partial charge is 0.239 e. The van der Waals surface area contributed by atoms with Gasteiger partial charge in [0.1, 0.15) is 5.75 Å². The molecule has 4 heteroatoms. The number of hydrogen-bond acceptors (Lipinski definition) is 3. The number of ether oxygens (including phenoxy) is 1. The molecule has 0 saturated heterocycles. The van der Waals surface area contributed by atoms with E-state index in [-0.39, 0.29) is 5.91 Å². The Morgan fingerprint density at radius 1 is 0.781 bits per heavy atom. The lowest BCUT2D eigenvalue weighted by atomic mass is 10.0. The summed E-state index contributed by atoms with van der Waals surface area (Å²) in [5.41, 5.74) is 0.938. The number of benzene rings is 1. The standard InChI is InChI=1S/C28H50N2O2/c1-4-5-6-7-8-9-10-11-12-13-14-15-16-17-22-29-28(31)23-30-26-18-20-27(21-19-26)32-24-25(2)3/h18-21,25,30H,4-17,22-24H2,1-3H3,(H,29,31). The van der Waals surface area contributed by atoms with Gasteiger partial charge in [-0.3, -0.25) is 4.79 Å². The number of nitrogens with one attached hydrogen (secondary N) is 2. The van der Waals surface area contributed by atoms with Gasteiger partial charge in [0.05, 0.1) is 13.2 Å². The van der Waals surface area contributed by atoms with E-state index in [0.717, 1.165) is 24.4 Å². The minimum absolute atomic E-state index is 0.0554. The summed E-state index contributed by atoms with van der Waals surface area (Å²) in [6, 6.07) is 7.79. The normalized spacial score (nSPS) is 11.0. The Morgan fingerprint density at radius 2 is 1.28 bits per heavy atom. The lowest BCUT2D eigenvalue weighted by Gasteiger charge is -2.10. The third-order valence-corrected chi connectivity index (χ3v) is 5.74. The zero-order chi connectivity index (χ0) is 23.3. The predicted molar refractivity (Wildman–Crippen MR) is 139 cm³/mol. The molecule has 0 aromatic heterocycles. The van der Waals surface area contributed by atoms with Gasteiger partial charge in [0, 0.05) is 12.2 Å². The van der Waals surface area contributed by atoms with E-state index in [0.29, 0.717) is 19.1 Å². The van der Waals surface area contributed by atoms with Crippen molar-refractivity contribution in [2.45, 2.75) is 111 Å². The van der Waals surface area contributed by atoms with Crippen LogP contribution >= 0.6 is 0 Å². The summed E-state index contributed by atoms with van der Waals surface area (Å²) in [6.07, 6.45) is 19.0. The first-order valence-corrected chi connectivity index (χ1v) is 13.3. The summed E-state index contributed by atoms with van der Waals surface area (Å²) in [5.74, 6) is 1.43. The van der Waals surface area contributed by atoms with Crippen molar-refractivity contribution >= 4 is 11.6 Å². The van der Waals surface area contributed by atoms with Gasteiger partial charge in [0.2, 0.25) is 5.91 Å². The van der Waals surface area contributed by atoms with Gasteiger partial charge in [-0.25, -0.2) is 0 Å². The largest absolute Gasteiger partial charge is 0.493 e. The average molecular weight is 447 g/mol. The molecule has 1 aromatic carbocycles. The van der Waals surface area contributed by atoms with Crippen LogP contribution in [0.25, 0.3) is 0 Å². The number of carbonyl (C=O) groups excluding carboxylic acids is 1. The van der Waals surface area contributed by atoms with Gasteiger partial charge in [-0.1, -0.05) is 104 Å². The van der Waals surface area contributed by atoms with E-state index in [9.17, 15) is 4.79 Å². The molecule has 0 unspecified atom stereocenters. The zero-order valence-corrected chi connectivity index (χ0v) is 21.2. The van der Waals surface area contributed by atoms with Gasteiger partial charge in [0.25, 0.3) is 0 Å². The van der Waals surface area contributed by atoms with Crippen LogP contribution in [0.15, 0.2) is 24.3 Å². The molecule has 0 bridgehead atoms. The molecule has 2 N–H and O–H groups in total. The first-order valence-electron chi connectivity index (χ1n) is 13.3. The van der Waals surface area contributed by atoms with Gasteiger partial charge < -0.3 is 15.4 Å². The highest BCUT2D eigenvalue weighted by molar-refractivity contribution is 5.80. The summed E-state index contributed by atoms with van der Waals surface area (Å²) >= 11 is 0. The van der Waals surface area contributed by atoms with Crippen molar-refractivity contribution in [3.8, 4) is 5.75 Å². The van der Waals surface area contributed by atoms with Gasteiger partial charge in [0.15, 0.2) is 0 Å². The van der Waals surface area contributed by atoms with Gasteiger partial charge in [-0.2, -0.15) is 0 Å². The summed E-state index contributed by atoms with van der Waals surface area (Å²) < 4.78 is 5.68. The third-order valence-electron chi connectivity index (χ3n) is 5.74. The average Bonchev–Trinajstić information content (AvgIpc) is 2.79. The van der Waals surface area contributed by atoms with Crippen LogP contribution in [0, 0.1) is 5.92 Å². The van der Waals surface area contributed by atoms with Crippen molar-refractivity contribution in [3.05, 3.63) is 24.3 Å². The van der Waals surface area contributed by atoms with Crippen LogP contribution in [0.2, 0.25) is 0 Å². The molecule has 1 rings (SSSR count). The molecule has 4 nitrogen and oxygen atoms in total. The predicted octanol–water partition coefficient (Wildman–Crippen LogP) is 7.73. The summed E-state index contributed by atoms with van der Waals surface area (Å²) in [7, 11) is 0. The van der Waals surface area contributed by atoms with Crippen molar-refractivity contribution in [1.82, 2.24) is 5.32 Å². The van der Waals surface area contributed by atoms with Crippen LogP contribution in [0.3, 0.4) is 0 Å². The molecule has 0 heterocycles. The highest BCUT2D eigenvalue weighted by Gasteiger charge is 2.02. The molecule has 0 aliphatic heterocycles.